The molecule has 8 nitrogen and oxygen atoms in total. The van der Waals surface area contributed by atoms with Crippen molar-refractivity contribution in [3.05, 3.63) is 0 Å². The van der Waals surface area contributed by atoms with Crippen LogP contribution in [0.1, 0.15) is 187 Å². The van der Waals surface area contributed by atoms with Gasteiger partial charge in [0.25, 0.3) is 0 Å². The Hall–Kier alpha value is -1.38. The van der Waals surface area contributed by atoms with E-state index in [1.165, 1.54) is 135 Å². The van der Waals surface area contributed by atoms with Crippen molar-refractivity contribution in [3.8, 4) is 0 Å². The number of nitrogens with one attached hydrogen (secondary N) is 2. The van der Waals surface area contributed by atoms with E-state index in [0.29, 0.717) is 45.8 Å². The minimum absolute atomic E-state index is 0.247. The molecule has 0 bridgehead atoms. The van der Waals surface area contributed by atoms with E-state index in [4.69, 9.17) is 15.2 Å². The number of hydrogen-bond acceptors (Lipinski definition) is 5. The summed E-state index contributed by atoms with van der Waals surface area (Å²) in [5.74, 6) is -0.320. The van der Waals surface area contributed by atoms with Gasteiger partial charge in [-0.2, -0.15) is 0 Å². The molecule has 0 rings (SSSR count). The molecule has 2 amide bonds. The molecule has 0 aromatic carbocycles. The standard InChI is InChI=1S/C38H77N3O5/c1-3-5-7-9-11-13-15-17-19-21-23-27-31-45-34-35(33-40-37(42)36(41-38(43)44)29-25-26-30-39)46-32-28-24-22-20-18-16-14-12-10-8-6-4-2/h35-36,41H,3-34,39H2,1-2H3,(H,40,42)(H,43,44)/t35?,36-/m1/s1. The molecule has 0 spiro atoms. The number of ether oxygens (including phenoxy) is 2. The van der Waals surface area contributed by atoms with Gasteiger partial charge in [0.1, 0.15) is 6.04 Å². The zero-order chi connectivity index (χ0) is 33.8. The topological polar surface area (TPSA) is 123 Å². The second-order valence-corrected chi connectivity index (χ2v) is 13.4. The van der Waals surface area contributed by atoms with E-state index in [9.17, 15) is 14.7 Å². The zero-order valence-electron chi connectivity index (χ0n) is 30.4. The van der Waals surface area contributed by atoms with Gasteiger partial charge < -0.3 is 30.9 Å². The van der Waals surface area contributed by atoms with Gasteiger partial charge in [0, 0.05) is 19.8 Å². The number of amides is 2. The molecule has 0 heterocycles. The quantitative estimate of drug-likeness (QED) is 0.0494. The van der Waals surface area contributed by atoms with E-state index >= 15 is 0 Å². The van der Waals surface area contributed by atoms with Crippen molar-refractivity contribution in [1.82, 2.24) is 10.6 Å². The third-order valence-corrected chi connectivity index (χ3v) is 8.86. The molecule has 0 aliphatic carbocycles. The predicted molar refractivity (Wildman–Crippen MR) is 194 cm³/mol. The summed E-state index contributed by atoms with van der Waals surface area (Å²) in [4.78, 5) is 24.0. The molecular formula is C38H77N3O5. The van der Waals surface area contributed by atoms with Crippen LogP contribution in [0.5, 0.6) is 0 Å². The van der Waals surface area contributed by atoms with Gasteiger partial charge in [0.05, 0.1) is 12.7 Å². The first-order chi connectivity index (χ1) is 22.5. The lowest BCUT2D eigenvalue weighted by Gasteiger charge is -2.21. The predicted octanol–water partition coefficient (Wildman–Crippen LogP) is 9.67. The van der Waals surface area contributed by atoms with E-state index in [1.54, 1.807) is 0 Å². The molecule has 5 N–H and O–H groups in total. The molecule has 0 fully saturated rings. The van der Waals surface area contributed by atoms with Crippen molar-refractivity contribution in [3.63, 3.8) is 0 Å². The maximum absolute atomic E-state index is 12.8. The summed E-state index contributed by atoms with van der Waals surface area (Å²) in [6.45, 7) is 7.14. The molecule has 0 radical (unpaired) electrons. The Balaban J connectivity index is 4.30. The third kappa shape index (κ3) is 32.6. The van der Waals surface area contributed by atoms with Crippen molar-refractivity contribution in [2.24, 2.45) is 5.73 Å². The van der Waals surface area contributed by atoms with Crippen molar-refractivity contribution in [1.29, 1.82) is 0 Å². The summed E-state index contributed by atoms with van der Waals surface area (Å²) in [5, 5.41) is 14.4. The molecule has 0 aromatic heterocycles. The first-order valence-electron chi connectivity index (χ1n) is 19.7. The van der Waals surface area contributed by atoms with E-state index in [2.05, 4.69) is 24.5 Å². The minimum Gasteiger partial charge on any atom is -0.465 e. The van der Waals surface area contributed by atoms with Crippen LogP contribution in [0.15, 0.2) is 0 Å². The molecule has 0 aromatic rings. The van der Waals surface area contributed by atoms with Gasteiger partial charge >= 0.3 is 6.09 Å². The van der Waals surface area contributed by atoms with Gasteiger partial charge in [-0.05, 0) is 38.6 Å². The summed E-state index contributed by atoms with van der Waals surface area (Å²) in [5.41, 5.74) is 5.57. The highest BCUT2D eigenvalue weighted by Crippen LogP contribution is 2.13. The number of unbranched alkanes of at least 4 members (excludes halogenated alkanes) is 23. The Kier molecular flexibility index (Phi) is 35.4. The lowest BCUT2D eigenvalue weighted by Crippen LogP contribution is -2.48. The molecule has 0 aliphatic rings. The molecule has 46 heavy (non-hydrogen) atoms. The van der Waals surface area contributed by atoms with Gasteiger partial charge in [-0.15, -0.1) is 0 Å². The Bertz CT molecular complexity index is 652. The highest BCUT2D eigenvalue weighted by Gasteiger charge is 2.21. The SMILES string of the molecule is CCCCCCCCCCCCCCOCC(CNC(=O)[C@@H](CCCCN)NC(=O)O)OCCCCCCCCCCCCCC. The minimum atomic E-state index is -1.20. The number of rotatable bonds is 37. The Morgan fingerprint density at radius 2 is 1.04 bits per heavy atom. The number of carboxylic acid groups (broad SMARTS) is 1. The highest BCUT2D eigenvalue weighted by molar-refractivity contribution is 5.85. The second kappa shape index (κ2) is 36.5. The van der Waals surface area contributed by atoms with Crippen LogP contribution in [0.25, 0.3) is 0 Å². The van der Waals surface area contributed by atoms with Gasteiger partial charge in [-0.25, -0.2) is 4.79 Å². The maximum Gasteiger partial charge on any atom is 0.405 e. The largest absolute Gasteiger partial charge is 0.465 e. The molecule has 0 aliphatic heterocycles. The fourth-order valence-corrected chi connectivity index (χ4v) is 5.87. The van der Waals surface area contributed by atoms with Crippen LogP contribution < -0.4 is 16.4 Å². The summed E-state index contributed by atoms with van der Waals surface area (Å²) >= 11 is 0. The number of carbonyl (C=O) groups excluding carboxylic acids is 1. The van der Waals surface area contributed by atoms with Crippen molar-refractivity contribution in [2.45, 2.75) is 199 Å². The molecule has 2 atom stereocenters. The lowest BCUT2D eigenvalue weighted by atomic mass is 10.1. The number of nitrogens with two attached hydrogens (primary N) is 1. The first kappa shape index (κ1) is 44.6. The van der Waals surface area contributed by atoms with Crippen LogP contribution in [-0.4, -0.2) is 62.2 Å². The van der Waals surface area contributed by atoms with Gasteiger partial charge in [-0.1, -0.05) is 155 Å². The molecule has 0 saturated carbocycles. The molecule has 0 saturated heterocycles. The summed E-state index contributed by atoms with van der Waals surface area (Å²) in [6.07, 6.45) is 31.8. The van der Waals surface area contributed by atoms with Gasteiger partial charge in [0.2, 0.25) is 5.91 Å². The lowest BCUT2D eigenvalue weighted by molar-refractivity contribution is -0.124. The molecule has 1 unspecified atom stereocenters. The smallest absolute Gasteiger partial charge is 0.405 e. The summed E-state index contributed by atoms with van der Waals surface area (Å²) in [7, 11) is 0. The number of hydrogen-bond donors (Lipinski definition) is 4. The maximum atomic E-state index is 12.8. The highest BCUT2D eigenvalue weighted by atomic mass is 16.5. The van der Waals surface area contributed by atoms with Crippen LogP contribution in [0.4, 0.5) is 4.79 Å². The summed E-state index contributed by atoms with van der Waals surface area (Å²) in [6, 6.07) is -0.789. The average molecular weight is 656 g/mol. The summed E-state index contributed by atoms with van der Waals surface area (Å²) < 4.78 is 12.2. The van der Waals surface area contributed by atoms with Crippen LogP contribution in [0, 0.1) is 0 Å². The normalized spacial score (nSPS) is 12.7. The van der Waals surface area contributed by atoms with Crippen LogP contribution in [0.3, 0.4) is 0 Å². The zero-order valence-corrected chi connectivity index (χ0v) is 30.4. The van der Waals surface area contributed by atoms with Crippen LogP contribution in [-0.2, 0) is 14.3 Å². The number of carbonyl (C=O) groups is 2. The second-order valence-electron chi connectivity index (χ2n) is 13.4. The van der Waals surface area contributed by atoms with E-state index in [-0.39, 0.29) is 12.0 Å². The fourth-order valence-electron chi connectivity index (χ4n) is 5.87. The van der Waals surface area contributed by atoms with Gasteiger partial charge in [-0.3, -0.25) is 4.79 Å². The molecule has 8 heteroatoms. The fraction of sp³-hybridized carbons (Fsp3) is 0.947. The Morgan fingerprint density at radius 3 is 1.48 bits per heavy atom. The third-order valence-electron chi connectivity index (χ3n) is 8.86. The Labute approximate surface area is 284 Å². The Morgan fingerprint density at radius 1 is 0.609 bits per heavy atom. The molecule has 274 valence electrons. The molecular weight excluding hydrogens is 578 g/mol. The average Bonchev–Trinajstić information content (AvgIpc) is 3.04. The van der Waals surface area contributed by atoms with Crippen LogP contribution >= 0.6 is 0 Å². The van der Waals surface area contributed by atoms with Crippen molar-refractivity contribution < 1.29 is 24.2 Å². The van der Waals surface area contributed by atoms with Crippen molar-refractivity contribution >= 4 is 12.0 Å². The van der Waals surface area contributed by atoms with Crippen LogP contribution in [0.2, 0.25) is 0 Å². The van der Waals surface area contributed by atoms with E-state index in [0.717, 1.165) is 25.7 Å². The van der Waals surface area contributed by atoms with E-state index < -0.39 is 12.1 Å². The van der Waals surface area contributed by atoms with Crippen molar-refractivity contribution in [2.75, 3.05) is 32.9 Å². The van der Waals surface area contributed by atoms with Gasteiger partial charge in [0.15, 0.2) is 0 Å². The van der Waals surface area contributed by atoms with E-state index in [1.807, 2.05) is 0 Å². The monoisotopic (exact) mass is 656 g/mol. The first-order valence-corrected chi connectivity index (χ1v) is 19.7.